The van der Waals surface area contributed by atoms with Gasteiger partial charge in [-0.3, -0.25) is 0 Å². The Hall–Kier alpha value is -0.943. The van der Waals surface area contributed by atoms with E-state index in [-0.39, 0.29) is 23.7 Å². The molecule has 0 saturated carbocycles. The summed E-state index contributed by atoms with van der Waals surface area (Å²) in [4.78, 5) is 0. The molecule has 1 N–H and O–H groups in total. The van der Waals surface area contributed by atoms with Gasteiger partial charge in [-0.15, -0.1) is 0 Å². The molecule has 26 heavy (non-hydrogen) atoms. The quantitative estimate of drug-likeness (QED) is 0.311. The second-order valence-corrected chi connectivity index (χ2v) is 13.3. The van der Waals surface area contributed by atoms with E-state index in [1.165, 1.54) is 5.56 Å². The lowest BCUT2D eigenvalue weighted by molar-refractivity contribution is 0.0893. The molecule has 4 heteroatoms. The summed E-state index contributed by atoms with van der Waals surface area (Å²) in [5, 5.41) is 9.26. The summed E-state index contributed by atoms with van der Waals surface area (Å²) in [6, 6.07) is 10.3. The van der Waals surface area contributed by atoms with Gasteiger partial charge in [0.15, 0.2) is 8.32 Å². The van der Waals surface area contributed by atoms with Crippen LogP contribution in [-0.4, -0.2) is 32.7 Å². The summed E-state index contributed by atoms with van der Waals surface area (Å²) in [5.41, 5.74) is 1.21. The summed E-state index contributed by atoms with van der Waals surface area (Å²) in [6.07, 6.45) is 6.00. The van der Waals surface area contributed by atoms with Gasteiger partial charge in [0.05, 0.1) is 19.3 Å². The minimum Gasteiger partial charge on any atom is -0.413 e. The van der Waals surface area contributed by atoms with Gasteiger partial charge in [-0.25, -0.2) is 0 Å². The largest absolute Gasteiger partial charge is 0.413 e. The molecule has 0 radical (unpaired) electrons. The fourth-order valence-electron chi connectivity index (χ4n) is 2.53. The number of hydrogen-bond acceptors (Lipinski definition) is 3. The second kappa shape index (κ2) is 11.0. The third-order valence-corrected chi connectivity index (χ3v) is 9.78. The fourth-order valence-corrected chi connectivity index (χ4v) is 3.98. The zero-order chi connectivity index (χ0) is 19.6. The van der Waals surface area contributed by atoms with E-state index in [0.29, 0.717) is 6.61 Å². The van der Waals surface area contributed by atoms with Gasteiger partial charge < -0.3 is 14.3 Å². The number of aliphatic hydroxyl groups is 1. The molecule has 0 aliphatic rings. The van der Waals surface area contributed by atoms with Crippen molar-refractivity contribution >= 4 is 8.32 Å². The Balaban J connectivity index is 2.55. The number of aliphatic hydroxyl groups excluding tert-OH is 1. The lowest BCUT2D eigenvalue weighted by Crippen LogP contribution is -2.45. The van der Waals surface area contributed by atoms with Crippen LogP contribution in [0.4, 0.5) is 0 Å². The Kier molecular flexibility index (Phi) is 9.80. The maximum atomic E-state index is 9.07. The molecular formula is C22H38O3Si. The zero-order valence-corrected chi connectivity index (χ0v) is 18.5. The van der Waals surface area contributed by atoms with Crippen molar-refractivity contribution in [3.05, 3.63) is 48.0 Å². The normalized spacial score (nSPS) is 15.3. The molecule has 0 aliphatic heterocycles. The van der Waals surface area contributed by atoms with Gasteiger partial charge in [-0.1, -0.05) is 70.2 Å². The lowest BCUT2D eigenvalue weighted by atomic mass is 10.0. The van der Waals surface area contributed by atoms with Crippen LogP contribution in [0.2, 0.25) is 18.1 Å². The van der Waals surface area contributed by atoms with Crippen molar-refractivity contribution in [1.82, 2.24) is 0 Å². The number of hydrogen-bond donors (Lipinski definition) is 1. The van der Waals surface area contributed by atoms with E-state index in [4.69, 9.17) is 14.3 Å². The average molecular weight is 379 g/mol. The van der Waals surface area contributed by atoms with Crippen molar-refractivity contribution in [2.75, 3.05) is 13.2 Å². The summed E-state index contributed by atoms with van der Waals surface area (Å²) in [6.45, 7) is 15.1. The molecular weight excluding hydrogens is 340 g/mol. The molecule has 0 amide bonds. The highest BCUT2D eigenvalue weighted by Crippen LogP contribution is 2.38. The molecule has 0 spiro atoms. The second-order valence-electron chi connectivity index (χ2n) is 8.57. The maximum Gasteiger partial charge on any atom is 0.192 e. The lowest BCUT2D eigenvalue weighted by Gasteiger charge is -2.40. The van der Waals surface area contributed by atoms with Gasteiger partial charge in [0.25, 0.3) is 0 Å². The van der Waals surface area contributed by atoms with Gasteiger partial charge in [0.1, 0.15) is 0 Å². The van der Waals surface area contributed by atoms with Crippen molar-refractivity contribution in [2.24, 2.45) is 5.92 Å². The Bertz CT molecular complexity index is 520. The Morgan fingerprint density at radius 3 is 2.38 bits per heavy atom. The van der Waals surface area contributed by atoms with Crippen LogP contribution in [0, 0.1) is 5.92 Å². The van der Waals surface area contributed by atoms with Crippen molar-refractivity contribution in [3.63, 3.8) is 0 Å². The van der Waals surface area contributed by atoms with Crippen molar-refractivity contribution in [3.8, 4) is 0 Å². The first-order valence-corrected chi connectivity index (χ1v) is 12.6. The fraction of sp³-hybridized carbons (Fsp3) is 0.636. The molecule has 0 unspecified atom stereocenters. The zero-order valence-electron chi connectivity index (χ0n) is 17.5. The molecule has 0 aromatic heterocycles. The number of ether oxygens (including phenoxy) is 1. The van der Waals surface area contributed by atoms with E-state index in [1.807, 2.05) is 24.3 Å². The van der Waals surface area contributed by atoms with E-state index < -0.39 is 8.32 Å². The first kappa shape index (κ1) is 23.1. The molecule has 0 heterocycles. The molecule has 1 aromatic carbocycles. The Labute approximate surface area is 161 Å². The average Bonchev–Trinajstić information content (AvgIpc) is 2.58. The Morgan fingerprint density at radius 1 is 1.15 bits per heavy atom. The maximum absolute atomic E-state index is 9.07. The summed E-state index contributed by atoms with van der Waals surface area (Å²) in [5.74, 6) is 0.283. The minimum atomic E-state index is -1.83. The van der Waals surface area contributed by atoms with E-state index in [9.17, 15) is 0 Å². The van der Waals surface area contributed by atoms with Crippen LogP contribution < -0.4 is 0 Å². The van der Waals surface area contributed by atoms with Gasteiger partial charge >= 0.3 is 0 Å². The third-order valence-electron chi connectivity index (χ3n) is 5.27. The summed E-state index contributed by atoms with van der Waals surface area (Å²) < 4.78 is 12.5. The molecule has 0 fully saturated rings. The van der Waals surface area contributed by atoms with E-state index in [1.54, 1.807) is 0 Å². The molecule has 1 rings (SSSR count). The van der Waals surface area contributed by atoms with Gasteiger partial charge in [0, 0.05) is 6.61 Å². The topological polar surface area (TPSA) is 38.7 Å². The van der Waals surface area contributed by atoms with Crippen molar-refractivity contribution in [2.45, 2.75) is 71.4 Å². The van der Waals surface area contributed by atoms with Crippen molar-refractivity contribution < 1.29 is 14.3 Å². The molecule has 3 nitrogen and oxygen atoms in total. The van der Waals surface area contributed by atoms with Crippen LogP contribution >= 0.6 is 0 Å². The van der Waals surface area contributed by atoms with Crippen LogP contribution in [-0.2, 0) is 15.8 Å². The smallest absolute Gasteiger partial charge is 0.192 e. The molecule has 0 saturated heterocycles. The predicted molar refractivity (Wildman–Crippen MR) is 113 cm³/mol. The highest BCUT2D eigenvalue weighted by Gasteiger charge is 2.39. The SMILES string of the molecule is C[C@@H](/C=C/CO)[C@H](CCCOCc1ccccc1)O[Si](C)(C)C(C)(C)C. The van der Waals surface area contributed by atoms with Crippen LogP contribution in [0.5, 0.6) is 0 Å². The first-order valence-electron chi connectivity index (χ1n) is 9.74. The summed E-state index contributed by atoms with van der Waals surface area (Å²) in [7, 11) is -1.83. The van der Waals surface area contributed by atoms with Crippen molar-refractivity contribution in [1.29, 1.82) is 0 Å². The molecule has 0 bridgehead atoms. The predicted octanol–water partition coefficient (Wildman–Crippen LogP) is 5.56. The number of rotatable bonds is 11. The van der Waals surface area contributed by atoms with Crippen LogP contribution in [0.25, 0.3) is 0 Å². The minimum absolute atomic E-state index is 0.0807. The molecule has 2 atom stereocenters. The monoisotopic (exact) mass is 378 g/mol. The number of benzene rings is 1. The van der Waals surface area contributed by atoms with Gasteiger partial charge in [0.2, 0.25) is 0 Å². The van der Waals surface area contributed by atoms with Crippen LogP contribution in [0.1, 0.15) is 46.1 Å². The highest BCUT2D eigenvalue weighted by molar-refractivity contribution is 6.74. The molecule has 0 aliphatic carbocycles. The molecule has 1 aromatic rings. The van der Waals surface area contributed by atoms with Gasteiger partial charge in [-0.2, -0.15) is 0 Å². The van der Waals surface area contributed by atoms with E-state index >= 15 is 0 Å². The standard InChI is InChI=1S/C22H38O3Si/c1-19(12-10-16-23)21(25-26(5,6)22(2,3)4)15-11-17-24-18-20-13-8-7-9-14-20/h7-10,12-14,19,21,23H,11,15-18H2,1-6H3/b12-10+/t19-,21-/m0/s1. The van der Waals surface area contributed by atoms with Gasteiger partial charge in [-0.05, 0) is 42.5 Å². The van der Waals surface area contributed by atoms with Crippen LogP contribution in [0.3, 0.4) is 0 Å². The van der Waals surface area contributed by atoms with Crippen LogP contribution in [0.15, 0.2) is 42.5 Å². The molecule has 148 valence electrons. The van der Waals surface area contributed by atoms with E-state index in [0.717, 1.165) is 19.4 Å². The third kappa shape index (κ3) is 8.17. The highest BCUT2D eigenvalue weighted by atomic mass is 28.4. The first-order chi connectivity index (χ1) is 12.2. The Morgan fingerprint density at radius 2 is 1.81 bits per heavy atom. The van der Waals surface area contributed by atoms with E-state index in [2.05, 4.69) is 59.0 Å². The summed E-state index contributed by atoms with van der Waals surface area (Å²) >= 11 is 0.